The van der Waals surface area contributed by atoms with Gasteiger partial charge in [-0.25, -0.2) is 8.42 Å². The highest BCUT2D eigenvalue weighted by Gasteiger charge is 2.51. The molecule has 1 aromatic carbocycles. The summed E-state index contributed by atoms with van der Waals surface area (Å²) < 4.78 is 23.4. The van der Waals surface area contributed by atoms with Crippen LogP contribution in [-0.4, -0.2) is 31.7 Å². The third-order valence-electron chi connectivity index (χ3n) is 4.60. The van der Waals surface area contributed by atoms with Crippen LogP contribution in [0.15, 0.2) is 30.3 Å². The molecule has 6 heteroatoms. The molecule has 1 N–H and O–H groups in total. The number of nitrogens with one attached hydrogen (secondary N) is 1. The number of carbonyl (C=O) groups excluding carboxylic acids is 2. The molecule has 0 bridgehead atoms. The number of hydrogen-bond donors (Lipinski definition) is 1. The molecule has 1 spiro atoms. The fraction of sp³-hybridized carbons (Fsp3) is 0.467. The second-order valence-corrected chi connectivity index (χ2v) is 8.25. The standard InChI is InChI=1S/C15H17NO4S/c17-12-10-15(6-8-21(19,20)9-7-15)13(14(18)16-12)11-4-2-1-3-5-11/h1-5,13H,6-10H2,(H,16,17,18). The summed E-state index contributed by atoms with van der Waals surface area (Å²) in [5.41, 5.74) is 0.285. The smallest absolute Gasteiger partial charge is 0.234 e. The Morgan fingerprint density at radius 2 is 1.67 bits per heavy atom. The molecule has 112 valence electrons. The zero-order valence-corrected chi connectivity index (χ0v) is 12.4. The fourth-order valence-corrected chi connectivity index (χ4v) is 5.15. The summed E-state index contributed by atoms with van der Waals surface area (Å²) in [5.74, 6) is -0.955. The van der Waals surface area contributed by atoms with Crippen molar-refractivity contribution in [3.05, 3.63) is 35.9 Å². The number of piperidine rings is 1. The van der Waals surface area contributed by atoms with Crippen LogP contribution in [-0.2, 0) is 19.4 Å². The predicted octanol–water partition coefficient (Wildman–Crippen LogP) is 1.01. The van der Waals surface area contributed by atoms with E-state index in [1.165, 1.54) is 0 Å². The largest absolute Gasteiger partial charge is 0.296 e. The molecule has 2 saturated heterocycles. The van der Waals surface area contributed by atoms with Crippen molar-refractivity contribution in [1.82, 2.24) is 5.32 Å². The van der Waals surface area contributed by atoms with Crippen LogP contribution in [0, 0.1) is 5.41 Å². The van der Waals surface area contributed by atoms with Crippen LogP contribution in [0.4, 0.5) is 0 Å². The Hall–Kier alpha value is -1.69. The van der Waals surface area contributed by atoms with Crippen molar-refractivity contribution in [3.63, 3.8) is 0 Å². The van der Waals surface area contributed by atoms with Crippen molar-refractivity contribution >= 4 is 21.7 Å². The van der Waals surface area contributed by atoms with E-state index in [9.17, 15) is 18.0 Å². The van der Waals surface area contributed by atoms with Crippen molar-refractivity contribution < 1.29 is 18.0 Å². The Kier molecular flexibility index (Phi) is 3.36. The zero-order valence-electron chi connectivity index (χ0n) is 11.5. The first kappa shape index (κ1) is 14.3. The molecule has 0 aliphatic carbocycles. The van der Waals surface area contributed by atoms with Gasteiger partial charge in [-0.3, -0.25) is 14.9 Å². The van der Waals surface area contributed by atoms with Crippen molar-refractivity contribution in [1.29, 1.82) is 0 Å². The lowest BCUT2D eigenvalue weighted by Crippen LogP contribution is -2.53. The maximum atomic E-state index is 12.4. The Morgan fingerprint density at radius 3 is 2.29 bits per heavy atom. The fourth-order valence-electron chi connectivity index (χ4n) is 3.51. The Bertz CT molecular complexity index is 667. The van der Waals surface area contributed by atoms with Gasteiger partial charge < -0.3 is 0 Å². The van der Waals surface area contributed by atoms with Gasteiger partial charge in [0, 0.05) is 6.42 Å². The highest BCUT2D eigenvalue weighted by atomic mass is 32.2. The van der Waals surface area contributed by atoms with Crippen LogP contribution >= 0.6 is 0 Å². The number of carbonyl (C=O) groups is 2. The summed E-state index contributed by atoms with van der Waals surface area (Å²) in [7, 11) is -3.04. The normalized spacial score (nSPS) is 27.3. The SMILES string of the molecule is O=C1CC2(CCS(=O)(=O)CC2)C(c2ccccc2)C(=O)N1. The minimum atomic E-state index is -3.04. The van der Waals surface area contributed by atoms with Gasteiger partial charge in [0.05, 0.1) is 17.4 Å². The molecule has 3 rings (SSSR count). The predicted molar refractivity (Wildman–Crippen MR) is 77.3 cm³/mol. The maximum Gasteiger partial charge on any atom is 0.234 e. The maximum absolute atomic E-state index is 12.4. The van der Waals surface area contributed by atoms with Gasteiger partial charge in [0.15, 0.2) is 0 Å². The molecule has 1 aromatic rings. The average Bonchev–Trinajstić information content (AvgIpc) is 2.43. The topological polar surface area (TPSA) is 80.3 Å². The molecule has 0 radical (unpaired) electrons. The Morgan fingerprint density at radius 1 is 1.05 bits per heavy atom. The van der Waals surface area contributed by atoms with E-state index in [-0.39, 0.29) is 29.7 Å². The number of imide groups is 1. The van der Waals surface area contributed by atoms with E-state index in [1.807, 2.05) is 30.3 Å². The van der Waals surface area contributed by atoms with E-state index in [0.29, 0.717) is 12.8 Å². The van der Waals surface area contributed by atoms with Crippen molar-refractivity contribution in [2.24, 2.45) is 5.41 Å². The van der Waals surface area contributed by atoms with Crippen LogP contribution in [0.2, 0.25) is 0 Å². The van der Waals surface area contributed by atoms with Crippen molar-refractivity contribution in [3.8, 4) is 0 Å². The van der Waals surface area contributed by atoms with Crippen LogP contribution in [0.1, 0.15) is 30.7 Å². The lowest BCUT2D eigenvalue weighted by molar-refractivity contribution is -0.140. The molecule has 5 nitrogen and oxygen atoms in total. The number of benzene rings is 1. The molecule has 1 atom stereocenters. The molecule has 0 saturated carbocycles. The average molecular weight is 307 g/mol. The van der Waals surface area contributed by atoms with Gasteiger partial charge in [-0.15, -0.1) is 0 Å². The number of hydrogen-bond acceptors (Lipinski definition) is 4. The van der Waals surface area contributed by atoms with Gasteiger partial charge in [-0.05, 0) is 23.8 Å². The lowest BCUT2D eigenvalue weighted by atomic mass is 9.64. The minimum absolute atomic E-state index is 0.0525. The second kappa shape index (κ2) is 4.94. The van der Waals surface area contributed by atoms with E-state index in [1.54, 1.807) is 0 Å². The third-order valence-corrected chi connectivity index (χ3v) is 6.26. The molecule has 2 fully saturated rings. The van der Waals surface area contributed by atoms with E-state index in [2.05, 4.69) is 5.32 Å². The van der Waals surface area contributed by atoms with Crippen LogP contribution in [0.3, 0.4) is 0 Å². The molecule has 2 amide bonds. The second-order valence-electron chi connectivity index (χ2n) is 5.95. The van der Waals surface area contributed by atoms with E-state index in [0.717, 1.165) is 5.56 Å². The van der Waals surface area contributed by atoms with E-state index in [4.69, 9.17) is 0 Å². The summed E-state index contributed by atoms with van der Waals surface area (Å²) in [4.78, 5) is 24.2. The van der Waals surface area contributed by atoms with Gasteiger partial charge in [-0.1, -0.05) is 30.3 Å². The van der Waals surface area contributed by atoms with Crippen molar-refractivity contribution in [2.75, 3.05) is 11.5 Å². The molecular weight excluding hydrogens is 290 g/mol. The first-order chi connectivity index (χ1) is 9.92. The summed E-state index contributed by atoms with van der Waals surface area (Å²) in [6.45, 7) is 0. The molecule has 1 unspecified atom stereocenters. The van der Waals surface area contributed by atoms with E-state index < -0.39 is 21.2 Å². The summed E-state index contributed by atoms with van der Waals surface area (Å²) in [6.07, 6.45) is 0.954. The lowest BCUT2D eigenvalue weighted by Gasteiger charge is -2.45. The first-order valence-electron chi connectivity index (χ1n) is 7.01. The van der Waals surface area contributed by atoms with Gasteiger partial charge in [0.1, 0.15) is 9.84 Å². The summed E-state index contributed by atoms with van der Waals surface area (Å²) >= 11 is 0. The van der Waals surface area contributed by atoms with Gasteiger partial charge in [-0.2, -0.15) is 0 Å². The molecule has 0 aromatic heterocycles. The van der Waals surface area contributed by atoms with Gasteiger partial charge >= 0.3 is 0 Å². The number of sulfone groups is 1. The van der Waals surface area contributed by atoms with Crippen LogP contribution < -0.4 is 5.32 Å². The number of rotatable bonds is 1. The summed E-state index contributed by atoms with van der Waals surface area (Å²) in [5, 5.41) is 2.39. The summed E-state index contributed by atoms with van der Waals surface area (Å²) in [6, 6.07) is 9.31. The molecule has 2 heterocycles. The minimum Gasteiger partial charge on any atom is -0.296 e. The van der Waals surface area contributed by atoms with Crippen molar-refractivity contribution in [2.45, 2.75) is 25.2 Å². The first-order valence-corrected chi connectivity index (χ1v) is 8.83. The van der Waals surface area contributed by atoms with Gasteiger partial charge in [0.25, 0.3) is 0 Å². The monoisotopic (exact) mass is 307 g/mol. The molecule has 21 heavy (non-hydrogen) atoms. The third kappa shape index (κ3) is 2.60. The molecule has 2 aliphatic rings. The zero-order chi connectivity index (χ0) is 15.1. The van der Waals surface area contributed by atoms with Gasteiger partial charge in [0.2, 0.25) is 11.8 Å². The Labute approximate surface area is 123 Å². The van der Waals surface area contributed by atoms with Crippen LogP contribution in [0.25, 0.3) is 0 Å². The highest BCUT2D eigenvalue weighted by molar-refractivity contribution is 7.91. The number of amides is 2. The highest BCUT2D eigenvalue weighted by Crippen LogP contribution is 2.49. The quantitative estimate of drug-likeness (QED) is 0.785. The Balaban J connectivity index is 2.02. The van der Waals surface area contributed by atoms with Crippen LogP contribution in [0.5, 0.6) is 0 Å². The molecule has 2 aliphatic heterocycles. The van der Waals surface area contributed by atoms with E-state index >= 15 is 0 Å². The molecular formula is C15H17NO4S.